The van der Waals surface area contributed by atoms with E-state index in [0.29, 0.717) is 11.3 Å². The zero-order valence-corrected chi connectivity index (χ0v) is 10.2. The van der Waals surface area contributed by atoms with Gasteiger partial charge in [-0.2, -0.15) is 0 Å². The van der Waals surface area contributed by atoms with Crippen molar-refractivity contribution in [1.29, 1.82) is 0 Å². The van der Waals surface area contributed by atoms with Gasteiger partial charge >= 0.3 is 5.97 Å². The molecule has 0 radical (unpaired) electrons. The highest BCUT2D eigenvalue weighted by molar-refractivity contribution is 7.99. The van der Waals surface area contributed by atoms with E-state index in [0.717, 1.165) is 10.6 Å². The Balaban J connectivity index is 2.48. The van der Waals surface area contributed by atoms with Crippen molar-refractivity contribution in [3.8, 4) is 5.75 Å². The van der Waals surface area contributed by atoms with Crippen LogP contribution in [0.25, 0.3) is 0 Å². The number of methoxy groups -OCH3 is 2. The van der Waals surface area contributed by atoms with Crippen LogP contribution in [0.5, 0.6) is 5.75 Å². The van der Waals surface area contributed by atoms with E-state index in [1.807, 2.05) is 24.3 Å². The maximum Gasteiger partial charge on any atom is 0.333 e. The fourth-order valence-corrected chi connectivity index (χ4v) is 1.83. The fourth-order valence-electron chi connectivity index (χ4n) is 1.05. The van der Waals surface area contributed by atoms with Gasteiger partial charge in [0.25, 0.3) is 0 Å². The van der Waals surface area contributed by atoms with Gasteiger partial charge in [-0.05, 0) is 24.3 Å². The van der Waals surface area contributed by atoms with E-state index in [9.17, 15) is 4.79 Å². The van der Waals surface area contributed by atoms with Crippen LogP contribution in [0.4, 0.5) is 0 Å². The molecule has 0 aromatic heterocycles. The average Bonchev–Trinajstić information content (AvgIpc) is 2.35. The van der Waals surface area contributed by atoms with E-state index >= 15 is 0 Å². The van der Waals surface area contributed by atoms with Gasteiger partial charge in [0.2, 0.25) is 0 Å². The van der Waals surface area contributed by atoms with E-state index in [-0.39, 0.29) is 5.97 Å². The highest BCUT2D eigenvalue weighted by Gasteiger charge is 2.06. The molecule has 1 aromatic rings. The van der Waals surface area contributed by atoms with Crippen molar-refractivity contribution in [3.05, 3.63) is 36.4 Å². The summed E-state index contributed by atoms with van der Waals surface area (Å²) >= 11 is 1.54. The van der Waals surface area contributed by atoms with Gasteiger partial charge in [0.15, 0.2) is 0 Å². The first-order valence-corrected chi connectivity index (χ1v) is 5.69. The molecule has 0 fully saturated rings. The maximum atomic E-state index is 11.1. The van der Waals surface area contributed by atoms with Crippen molar-refractivity contribution in [1.82, 2.24) is 0 Å². The fraction of sp³-hybridized carbons (Fsp3) is 0.250. The van der Waals surface area contributed by atoms with Crippen LogP contribution in [0.15, 0.2) is 41.3 Å². The first kappa shape index (κ1) is 12.6. The Morgan fingerprint density at radius 2 is 1.94 bits per heavy atom. The van der Waals surface area contributed by atoms with Crippen molar-refractivity contribution >= 4 is 17.7 Å². The van der Waals surface area contributed by atoms with Crippen LogP contribution in [-0.2, 0) is 9.53 Å². The number of hydrogen-bond donors (Lipinski definition) is 0. The summed E-state index contributed by atoms with van der Waals surface area (Å²) in [6, 6.07) is 7.63. The number of rotatable bonds is 5. The molecule has 0 unspecified atom stereocenters. The zero-order valence-electron chi connectivity index (χ0n) is 9.36. The summed E-state index contributed by atoms with van der Waals surface area (Å²) in [5.74, 6) is 0.982. The Kier molecular flexibility index (Phi) is 4.92. The Labute approximate surface area is 99.4 Å². The summed E-state index contributed by atoms with van der Waals surface area (Å²) < 4.78 is 9.61. The molecule has 0 spiro atoms. The van der Waals surface area contributed by atoms with Crippen molar-refractivity contribution in [2.75, 3.05) is 20.0 Å². The third-order valence-electron chi connectivity index (χ3n) is 1.95. The van der Waals surface area contributed by atoms with E-state index in [1.54, 1.807) is 7.11 Å². The number of esters is 1. The normalized spacial score (nSPS) is 9.62. The quantitative estimate of drug-likeness (QED) is 0.448. The molecule has 0 aliphatic rings. The van der Waals surface area contributed by atoms with Crippen LogP contribution in [0, 0.1) is 0 Å². The number of hydrogen-bond acceptors (Lipinski definition) is 4. The molecule has 0 atom stereocenters. The van der Waals surface area contributed by atoms with Crippen molar-refractivity contribution in [2.24, 2.45) is 0 Å². The smallest absolute Gasteiger partial charge is 0.333 e. The minimum atomic E-state index is -0.360. The van der Waals surface area contributed by atoms with E-state index in [1.165, 1.54) is 18.9 Å². The van der Waals surface area contributed by atoms with E-state index < -0.39 is 0 Å². The Bertz CT molecular complexity index is 370. The minimum Gasteiger partial charge on any atom is -0.497 e. The summed E-state index contributed by atoms with van der Waals surface area (Å²) in [4.78, 5) is 12.1. The standard InChI is InChI=1S/C12H14O3S/c1-9(12(13)15-3)8-16-11-6-4-10(14-2)5-7-11/h4-7H,1,8H2,2-3H3. The minimum absolute atomic E-state index is 0.360. The third kappa shape index (κ3) is 3.62. The van der Waals surface area contributed by atoms with Gasteiger partial charge in [0, 0.05) is 16.2 Å². The van der Waals surface area contributed by atoms with E-state index in [4.69, 9.17) is 4.74 Å². The van der Waals surface area contributed by atoms with Gasteiger partial charge in [-0.3, -0.25) is 0 Å². The summed E-state index contributed by atoms with van der Waals surface area (Å²) in [7, 11) is 2.98. The molecule has 0 saturated carbocycles. The lowest BCUT2D eigenvalue weighted by molar-refractivity contribution is -0.135. The van der Waals surface area contributed by atoms with E-state index in [2.05, 4.69) is 11.3 Å². The largest absolute Gasteiger partial charge is 0.497 e. The Hall–Kier alpha value is -1.42. The van der Waals surface area contributed by atoms with Crippen molar-refractivity contribution < 1.29 is 14.3 Å². The van der Waals surface area contributed by atoms with Crippen molar-refractivity contribution in [3.63, 3.8) is 0 Å². The molecular weight excluding hydrogens is 224 g/mol. The number of carbonyl (C=O) groups is 1. The number of thioether (sulfide) groups is 1. The van der Waals surface area contributed by atoms with Crippen LogP contribution in [0.1, 0.15) is 0 Å². The van der Waals surface area contributed by atoms with Crippen LogP contribution in [0.3, 0.4) is 0 Å². The van der Waals surface area contributed by atoms with Crippen LogP contribution >= 0.6 is 11.8 Å². The number of ether oxygens (including phenoxy) is 2. The van der Waals surface area contributed by atoms with Gasteiger partial charge in [0.05, 0.1) is 14.2 Å². The zero-order chi connectivity index (χ0) is 12.0. The first-order valence-electron chi connectivity index (χ1n) is 4.70. The molecule has 16 heavy (non-hydrogen) atoms. The predicted octanol–water partition coefficient (Wildman–Crippen LogP) is 2.52. The molecule has 1 rings (SSSR count). The number of carbonyl (C=O) groups excluding carboxylic acids is 1. The highest BCUT2D eigenvalue weighted by Crippen LogP contribution is 2.22. The Morgan fingerprint density at radius 3 is 2.44 bits per heavy atom. The van der Waals surface area contributed by atoms with Gasteiger partial charge in [0.1, 0.15) is 5.75 Å². The topological polar surface area (TPSA) is 35.5 Å². The second-order valence-electron chi connectivity index (χ2n) is 3.06. The summed E-state index contributed by atoms with van der Waals surface area (Å²) in [6.07, 6.45) is 0. The lowest BCUT2D eigenvalue weighted by Crippen LogP contribution is -2.05. The predicted molar refractivity (Wildman–Crippen MR) is 64.9 cm³/mol. The maximum absolute atomic E-state index is 11.1. The van der Waals surface area contributed by atoms with Gasteiger partial charge in [-0.15, -0.1) is 11.8 Å². The third-order valence-corrected chi connectivity index (χ3v) is 3.04. The SMILES string of the molecule is C=C(CSc1ccc(OC)cc1)C(=O)OC. The average molecular weight is 238 g/mol. The Morgan fingerprint density at radius 1 is 1.31 bits per heavy atom. The van der Waals surface area contributed by atoms with Crippen LogP contribution < -0.4 is 4.74 Å². The molecule has 0 bridgehead atoms. The van der Waals surface area contributed by atoms with Gasteiger partial charge < -0.3 is 9.47 Å². The molecule has 0 amide bonds. The highest BCUT2D eigenvalue weighted by atomic mass is 32.2. The molecular formula is C12H14O3S. The van der Waals surface area contributed by atoms with Gasteiger partial charge in [-0.1, -0.05) is 6.58 Å². The lowest BCUT2D eigenvalue weighted by Gasteiger charge is -2.04. The number of benzene rings is 1. The molecule has 4 heteroatoms. The van der Waals surface area contributed by atoms with Crippen LogP contribution in [0.2, 0.25) is 0 Å². The summed E-state index contributed by atoms with van der Waals surface area (Å²) in [6.45, 7) is 3.65. The van der Waals surface area contributed by atoms with Crippen molar-refractivity contribution in [2.45, 2.75) is 4.90 Å². The second kappa shape index (κ2) is 6.23. The summed E-state index contributed by atoms with van der Waals surface area (Å²) in [5, 5.41) is 0. The molecule has 0 heterocycles. The van der Waals surface area contributed by atoms with Crippen LogP contribution in [-0.4, -0.2) is 25.9 Å². The first-order chi connectivity index (χ1) is 7.67. The molecule has 3 nitrogen and oxygen atoms in total. The van der Waals surface area contributed by atoms with Gasteiger partial charge in [-0.25, -0.2) is 4.79 Å². The monoisotopic (exact) mass is 238 g/mol. The molecule has 1 aromatic carbocycles. The lowest BCUT2D eigenvalue weighted by atomic mass is 10.3. The molecule has 0 N–H and O–H groups in total. The molecule has 0 saturated heterocycles. The molecule has 0 aliphatic heterocycles. The molecule has 86 valence electrons. The molecule has 0 aliphatic carbocycles. The summed E-state index contributed by atoms with van der Waals surface area (Å²) in [5.41, 5.74) is 0.461. The second-order valence-corrected chi connectivity index (χ2v) is 4.11.